The molecule has 122 valence electrons. The quantitative estimate of drug-likeness (QED) is 0.892. The SMILES string of the molecule is Cc1cc(S(=O)(=O)N2CCOCC2CC(=O)O)c(F)cc1F. The summed E-state index contributed by atoms with van der Waals surface area (Å²) in [4.78, 5) is 10.2. The molecule has 1 aromatic rings. The van der Waals surface area contributed by atoms with Crippen LogP contribution in [0.5, 0.6) is 0 Å². The summed E-state index contributed by atoms with van der Waals surface area (Å²) >= 11 is 0. The predicted octanol–water partition coefficient (Wildman–Crippen LogP) is 1.14. The van der Waals surface area contributed by atoms with Gasteiger partial charge in [-0.1, -0.05) is 0 Å². The van der Waals surface area contributed by atoms with Gasteiger partial charge in [0, 0.05) is 12.6 Å². The van der Waals surface area contributed by atoms with Crippen LogP contribution in [0, 0.1) is 18.6 Å². The molecule has 0 bridgehead atoms. The van der Waals surface area contributed by atoms with Crippen molar-refractivity contribution >= 4 is 16.0 Å². The lowest BCUT2D eigenvalue weighted by molar-refractivity contribution is -0.139. The van der Waals surface area contributed by atoms with E-state index in [9.17, 15) is 22.0 Å². The molecular formula is C13H15F2NO5S. The summed E-state index contributed by atoms with van der Waals surface area (Å²) < 4.78 is 58.3. The zero-order valence-electron chi connectivity index (χ0n) is 11.8. The summed E-state index contributed by atoms with van der Waals surface area (Å²) in [7, 11) is -4.28. The molecule has 0 spiro atoms. The van der Waals surface area contributed by atoms with E-state index in [4.69, 9.17) is 9.84 Å². The number of morpholine rings is 1. The van der Waals surface area contributed by atoms with Crippen molar-refractivity contribution in [3.8, 4) is 0 Å². The summed E-state index contributed by atoms with van der Waals surface area (Å²) in [6.07, 6.45) is -0.457. The molecule has 0 radical (unpaired) electrons. The maximum Gasteiger partial charge on any atom is 0.305 e. The molecule has 1 aliphatic heterocycles. The van der Waals surface area contributed by atoms with Crippen molar-refractivity contribution in [1.82, 2.24) is 4.31 Å². The van der Waals surface area contributed by atoms with Crippen molar-refractivity contribution in [2.24, 2.45) is 0 Å². The van der Waals surface area contributed by atoms with Gasteiger partial charge in [0.1, 0.15) is 16.5 Å². The molecule has 1 aliphatic rings. The molecule has 22 heavy (non-hydrogen) atoms. The van der Waals surface area contributed by atoms with Gasteiger partial charge in [-0.15, -0.1) is 0 Å². The van der Waals surface area contributed by atoms with E-state index in [-0.39, 0.29) is 25.3 Å². The van der Waals surface area contributed by atoms with E-state index in [1.165, 1.54) is 6.92 Å². The Kier molecular flexibility index (Phi) is 4.78. The lowest BCUT2D eigenvalue weighted by Gasteiger charge is -2.33. The maximum atomic E-state index is 13.9. The summed E-state index contributed by atoms with van der Waals surface area (Å²) in [6.45, 7) is 1.22. The van der Waals surface area contributed by atoms with Gasteiger partial charge in [-0.3, -0.25) is 4.79 Å². The van der Waals surface area contributed by atoms with Gasteiger partial charge in [-0.25, -0.2) is 17.2 Å². The average molecular weight is 335 g/mol. The molecule has 6 nitrogen and oxygen atoms in total. The van der Waals surface area contributed by atoms with Gasteiger partial charge < -0.3 is 9.84 Å². The van der Waals surface area contributed by atoms with Crippen LogP contribution in [0.3, 0.4) is 0 Å². The highest BCUT2D eigenvalue weighted by Crippen LogP contribution is 2.26. The predicted molar refractivity (Wildman–Crippen MR) is 71.8 cm³/mol. The number of carboxylic acids is 1. The van der Waals surface area contributed by atoms with Crippen LogP contribution >= 0.6 is 0 Å². The van der Waals surface area contributed by atoms with Gasteiger partial charge in [-0.2, -0.15) is 4.31 Å². The molecule has 1 heterocycles. The number of hydrogen-bond donors (Lipinski definition) is 1. The molecule has 0 saturated carbocycles. The number of halogens is 2. The Morgan fingerprint density at radius 1 is 1.41 bits per heavy atom. The zero-order chi connectivity index (χ0) is 16.5. The second-order valence-corrected chi connectivity index (χ2v) is 6.83. The highest BCUT2D eigenvalue weighted by Gasteiger charge is 2.37. The first-order valence-corrected chi connectivity index (χ1v) is 7.94. The Morgan fingerprint density at radius 2 is 2.09 bits per heavy atom. The van der Waals surface area contributed by atoms with E-state index < -0.39 is 45.0 Å². The van der Waals surface area contributed by atoms with E-state index in [2.05, 4.69) is 0 Å². The maximum absolute atomic E-state index is 13.9. The number of rotatable bonds is 4. The van der Waals surface area contributed by atoms with Crippen molar-refractivity contribution in [2.75, 3.05) is 19.8 Å². The van der Waals surface area contributed by atoms with Crippen LogP contribution in [-0.4, -0.2) is 49.6 Å². The molecular weight excluding hydrogens is 320 g/mol. The summed E-state index contributed by atoms with van der Waals surface area (Å²) in [5, 5.41) is 8.85. The Balaban J connectivity index is 2.43. The summed E-state index contributed by atoms with van der Waals surface area (Å²) in [5.74, 6) is -3.24. The molecule has 1 N–H and O–H groups in total. The third kappa shape index (κ3) is 3.26. The number of carboxylic acid groups (broad SMARTS) is 1. The minimum atomic E-state index is -4.28. The Hall–Kier alpha value is -1.58. The molecule has 1 saturated heterocycles. The van der Waals surface area contributed by atoms with Gasteiger partial charge in [0.25, 0.3) is 0 Å². The average Bonchev–Trinajstić information content (AvgIpc) is 2.42. The minimum absolute atomic E-state index is 0.0111. The van der Waals surface area contributed by atoms with Crippen LogP contribution in [0.15, 0.2) is 17.0 Å². The van der Waals surface area contributed by atoms with E-state index in [0.717, 1.165) is 10.4 Å². The molecule has 2 rings (SSSR count). The fraction of sp³-hybridized carbons (Fsp3) is 0.462. The first-order chi connectivity index (χ1) is 10.2. The molecule has 1 fully saturated rings. The lowest BCUT2D eigenvalue weighted by atomic mass is 10.2. The van der Waals surface area contributed by atoms with Gasteiger partial charge in [0.2, 0.25) is 10.0 Å². The van der Waals surface area contributed by atoms with Crippen LogP contribution in [0.2, 0.25) is 0 Å². The first kappa shape index (κ1) is 16.8. The fourth-order valence-corrected chi connectivity index (χ4v) is 4.00. The standard InChI is InChI=1S/C13H15F2NO5S/c1-8-4-12(11(15)6-10(8)14)22(19,20)16-2-3-21-7-9(16)5-13(17)18/h4,6,9H,2-3,5,7H2,1H3,(H,17,18). The largest absolute Gasteiger partial charge is 0.481 e. The number of aryl methyl sites for hydroxylation is 1. The number of nitrogens with zero attached hydrogens (tertiary/aromatic N) is 1. The van der Waals surface area contributed by atoms with Crippen molar-refractivity contribution in [3.05, 3.63) is 29.3 Å². The Labute approximate surface area is 126 Å². The van der Waals surface area contributed by atoms with Crippen LogP contribution in [0.25, 0.3) is 0 Å². The first-order valence-electron chi connectivity index (χ1n) is 6.50. The normalized spacial score (nSPS) is 20.0. The van der Waals surface area contributed by atoms with Crippen molar-refractivity contribution in [3.63, 3.8) is 0 Å². The third-order valence-electron chi connectivity index (χ3n) is 3.38. The van der Waals surface area contributed by atoms with Crippen LogP contribution < -0.4 is 0 Å². The smallest absolute Gasteiger partial charge is 0.305 e. The zero-order valence-corrected chi connectivity index (χ0v) is 12.6. The van der Waals surface area contributed by atoms with Gasteiger partial charge in [-0.05, 0) is 18.6 Å². The Morgan fingerprint density at radius 3 is 2.73 bits per heavy atom. The van der Waals surface area contributed by atoms with Gasteiger partial charge in [0.15, 0.2) is 0 Å². The topological polar surface area (TPSA) is 83.9 Å². The second kappa shape index (κ2) is 6.27. The number of carbonyl (C=O) groups is 1. The van der Waals surface area contributed by atoms with Gasteiger partial charge in [0.05, 0.1) is 25.7 Å². The fourth-order valence-electron chi connectivity index (χ4n) is 2.27. The van der Waals surface area contributed by atoms with Crippen molar-refractivity contribution in [2.45, 2.75) is 24.3 Å². The molecule has 1 aromatic carbocycles. The van der Waals surface area contributed by atoms with Crippen LogP contribution in [0.1, 0.15) is 12.0 Å². The van der Waals surface area contributed by atoms with E-state index >= 15 is 0 Å². The van der Waals surface area contributed by atoms with E-state index in [1.54, 1.807) is 0 Å². The number of sulfonamides is 1. The summed E-state index contributed by atoms with van der Waals surface area (Å²) in [6, 6.07) is 0.489. The monoisotopic (exact) mass is 335 g/mol. The highest BCUT2D eigenvalue weighted by atomic mass is 32.2. The van der Waals surface area contributed by atoms with E-state index in [0.29, 0.717) is 6.07 Å². The van der Waals surface area contributed by atoms with Crippen molar-refractivity contribution in [1.29, 1.82) is 0 Å². The van der Waals surface area contributed by atoms with Crippen LogP contribution in [0.4, 0.5) is 8.78 Å². The second-order valence-electron chi connectivity index (χ2n) is 4.97. The number of benzene rings is 1. The molecule has 9 heteroatoms. The number of hydrogen-bond acceptors (Lipinski definition) is 4. The van der Waals surface area contributed by atoms with Crippen LogP contribution in [-0.2, 0) is 19.6 Å². The Bertz CT molecular complexity index is 692. The van der Waals surface area contributed by atoms with E-state index in [1.807, 2.05) is 0 Å². The number of ether oxygens (including phenoxy) is 1. The van der Waals surface area contributed by atoms with Gasteiger partial charge >= 0.3 is 5.97 Å². The molecule has 0 amide bonds. The molecule has 0 aromatic heterocycles. The number of aliphatic carboxylic acids is 1. The summed E-state index contributed by atoms with van der Waals surface area (Å²) in [5.41, 5.74) is -0.0111. The highest BCUT2D eigenvalue weighted by molar-refractivity contribution is 7.89. The minimum Gasteiger partial charge on any atom is -0.481 e. The van der Waals surface area contributed by atoms with Crippen molar-refractivity contribution < 1.29 is 31.8 Å². The molecule has 0 aliphatic carbocycles. The lowest BCUT2D eigenvalue weighted by Crippen LogP contribution is -2.49. The molecule has 1 unspecified atom stereocenters. The third-order valence-corrected chi connectivity index (χ3v) is 5.35. The molecule has 1 atom stereocenters.